The van der Waals surface area contributed by atoms with Gasteiger partial charge >= 0.3 is 0 Å². The second kappa shape index (κ2) is 5.49. The number of ether oxygens (including phenoxy) is 1. The highest BCUT2D eigenvalue weighted by molar-refractivity contribution is 5.95. The van der Waals surface area contributed by atoms with Gasteiger partial charge in [-0.15, -0.1) is 0 Å². The van der Waals surface area contributed by atoms with E-state index in [1.807, 2.05) is 11.8 Å². The molecular formula is C16H19N3O4. The van der Waals surface area contributed by atoms with Crippen molar-refractivity contribution >= 4 is 5.91 Å². The van der Waals surface area contributed by atoms with E-state index in [9.17, 15) is 4.79 Å². The van der Waals surface area contributed by atoms with Gasteiger partial charge < -0.3 is 18.6 Å². The molecule has 2 aliphatic rings. The van der Waals surface area contributed by atoms with Crippen molar-refractivity contribution in [2.24, 2.45) is 5.92 Å². The fourth-order valence-corrected chi connectivity index (χ4v) is 3.53. The van der Waals surface area contributed by atoms with Crippen molar-refractivity contribution in [3.63, 3.8) is 0 Å². The van der Waals surface area contributed by atoms with Crippen LogP contribution in [-0.4, -0.2) is 40.1 Å². The topological polar surface area (TPSA) is 81.6 Å². The molecule has 0 saturated carbocycles. The van der Waals surface area contributed by atoms with E-state index < -0.39 is 0 Å². The van der Waals surface area contributed by atoms with Crippen molar-refractivity contribution in [1.29, 1.82) is 0 Å². The highest BCUT2D eigenvalue weighted by Crippen LogP contribution is 2.40. The average molecular weight is 317 g/mol. The van der Waals surface area contributed by atoms with E-state index in [-0.39, 0.29) is 18.1 Å². The maximum Gasteiger partial charge on any atom is 0.257 e. The van der Waals surface area contributed by atoms with E-state index in [1.165, 1.54) is 0 Å². The van der Waals surface area contributed by atoms with E-state index >= 15 is 0 Å². The summed E-state index contributed by atoms with van der Waals surface area (Å²) in [6.07, 6.45) is 3.24. The standard InChI is InChI=1S/C16H19N3O4/c1-9-12(4-6-21-9)16(20)19-5-3-13-11(8-19)7-14(22-13)15-17-10(2)23-18-15/h4,6,11,13-14H,3,5,7-8H2,1-2H3/t11-,13-,14+/m0/s1. The van der Waals surface area contributed by atoms with E-state index in [4.69, 9.17) is 13.7 Å². The van der Waals surface area contributed by atoms with Crippen LogP contribution < -0.4 is 0 Å². The van der Waals surface area contributed by atoms with Gasteiger partial charge in [-0.2, -0.15) is 4.98 Å². The molecule has 7 heteroatoms. The average Bonchev–Trinajstić information content (AvgIpc) is 3.24. The Hall–Kier alpha value is -2.15. The highest BCUT2D eigenvalue weighted by Gasteiger charge is 2.42. The van der Waals surface area contributed by atoms with E-state index in [2.05, 4.69) is 10.1 Å². The summed E-state index contributed by atoms with van der Waals surface area (Å²) in [7, 11) is 0. The van der Waals surface area contributed by atoms with Crippen LogP contribution in [0, 0.1) is 19.8 Å². The summed E-state index contributed by atoms with van der Waals surface area (Å²) in [6.45, 7) is 4.98. The molecule has 7 nitrogen and oxygen atoms in total. The maximum atomic E-state index is 12.6. The fraction of sp³-hybridized carbons (Fsp3) is 0.562. The first-order valence-corrected chi connectivity index (χ1v) is 7.91. The molecule has 0 radical (unpaired) electrons. The number of piperidine rings is 1. The predicted molar refractivity (Wildman–Crippen MR) is 78.7 cm³/mol. The lowest BCUT2D eigenvalue weighted by molar-refractivity contribution is -0.00100. The van der Waals surface area contributed by atoms with E-state index in [0.29, 0.717) is 42.0 Å². The van der Waals surface area contributed by atoms with Gasteiger partial charge in [-0.1, -0.05) is 5.16 Å². The number of amides is 1. The van der Waals surface area contributed by atoms with Gasteiger partial charge in [-0.25, -0.2) is 0 Å². The number of likely N-dealkylation sites (tertiary alicyclic amines) is 1. The lowest BCUT2D eigenvalue weighted by atomic mass is 9.92. The summed E-state index contributed by atoms with van der Waals surface area (Å²) >= 11 is 0. The minimum absolute atomic E-state index is 0.0357. The Morgan fingerprint density at radius 2 is 2.26 bits per heavy atom. The van der Waals surface area contributed by atoms with Crippen LogP contribution >= 0.6 is 0 Å². The van der Waals surface area contributed by atoms with Crippen LogP contribution in [0.5, 0.6) is 0 Å². The first-order valence-electron chi connectivity index (χ1n) is 7.91. The second-order valence-corrected chi connectivity index (χ2v) is 6.26. The molecule has 122 valence electrons. The Morgan fingerprint density at radius 1 is 1.39 bits per heavy atom. The zero-order valence-corrected chi connectivity index (χ0v) is 13.2. The SMILES string of the molecule is Cc1nc([C@H]2C[C@H]3CN(C(=O)c4ccoc4C)CC[C@@H]3O2)no1. The number of hydrogen-bond donors (Lipinski definition) is 0. The zero-order valence-electron chi connectivity index (χ0n) is 13.2. The monoisotopic (exact) mass is 317 g/mol. The van der Waals surface area contributed by atoms with Gasteiger partial charge in [0.2, 0.25) is 11.7 Å². The first-order chi connectivity index (χ1) is 11.1. The van der Waals surface area contributed by atoms with Crippen molar-refractivity contribution in [3.8, 4) is 0 Å². The number of nitrogens with zero attached hydrogens (tertiary/aromatic N) is 3. The lowest BCUT2D eigenvalue weighted by Crippen LogP contribution is -2.44. The molecule has 2 aliphatic heterocycles. The molecule has 1 amide bonds. The van der Waals surface area contributed by atoms with Crippen LogP contribution in [0.3, 0.4) is 0 Å². The van der Waals surface area contributed by atoms with Crippen molar-refractivity contribution in [2.45, 2.75) is 38.9 Å². The Bertz CT molecular complexity index is 722. The Labute approximate surface area is 133 Å². The van der Waals surface area contributed by atoms with Crippen molar-refractivity contribution in [3.05, 3.63) is 35.4 Å². The van der Waals surface area contributed by atoms with Crippen LogP contribution in [0.25, 0.3) is 0 Å². The minimum Gasteiger partial charge on any atom is -0.469 e. The zero-order chi connectivity index (χ0) is 16.0. The molecule has 4 heterocycles. The van der Waals surface area contributed by atoms with Crippen LogP contribution in [0.4, 0.5) is 0 Å². The smallest absolute Gasteiger partial charge is 0.257 e. The van der Waals surface area contributed by atoms with Gasteiger partial charge in [0.05, 0.1) is 17.9 Å². The largest absolute Gasteiger partial charge is 0.469 e. The molecule has 0 spiro atoms. The predicted octanol–water partition coefficient (Wildman–Crippen LogP) is 2.27. The van der Waals surface area contributed by atoms with Gasteiger partial charge in [0.25, 0.3) is 5.91 Å². The number of hydrogen-bond acceptors (Lipinski definition) is 6. The molecule has 0 aromatic carbocycles. The minimum atomic E-state index is -0.131. The number of carbonyl (C=O) groups excluding carboxylic acids is 1. The quantitative estimate of drug-likeness (QED) is 0.845. The molecule has 23 heavy (non-hydrogen) atoms. The number of aryl methyl sites for hydroxylation is 2. The summed E-state index contributed by atoms with van der Waals surface area (Å²) in [4.78, 5) is 18.8. The number of aromatic nitrogens is 2. The van der Waals surface area contributed by atoms with Gasteiger partial charge in [0, 0.05) is 25.9 Å². The van der Waals surface area contributed by atoms with Gasteiger partial charge in [-0.05, 0) is 25.8 Å². The summed E-state index contributed by atoms with van der Waals surface area (Å²) < 4.78 is 16.3. The van der Waals surface area contributed by atoms with Crippen LogP contribution in [0.15, 0.2) is 21.3 Å². The summed E-state index contributed by atoms with van der Waals surface area (Å²) in [5.74, 6) is 2.17. The molecule has 2 fully saturated rings. The third-order valence-electron chi connectivity index (χ3n) is 4.73. The number of rotatable bonds is 2. The van der Waals surface area contributed by atoms with Crippen LogP contribution in [-0.2, 0) is 4.74 Å². The molecule has 0 bridgehead atoms. The Kier molecular flexibility index (Phi) is 3.45. The maximum absolute atomic E-state index is 12.6. The van der Waals surface area contributed by atoms with Gasteiger partial charge in [0.1, 0.15) is 11.9 Å². The molecular weight excluding hydrogens is 298 g/mol. The lowest BCUT2D eigenvalue weighted by Gasteiger charge is -2.33. The third kappa shape index (κ3) is 2.55. The Morgan fingerprint density at radius 3 is 2.96 bits per heavy atom. The molecule has 3 atom stereocenters. The summed E-state index contributed by atoms with van der Waals surface area (Å²) in [5, 5.41) is 3.96. The molecule has 2 saturated heterocycles. The first kappa shape index (κ1) is 14.4. The summed E-state index contributed by atoms with van der Waals surface area (Å²) in [6, 6.07) is 1.74. The van der Waals surface area contributed by atoms with Crippen molar-refractivity contribution < 1.29 is 18.5 Å². The molecule has 0 aliphatic carbocycles. The summed E-state index contributed by atoms with van der Waals surface area (Å²) in [5.41, 5.74) is 0.646. The fourth-order valence-electron chi connectivity index (χ4n) is 3.53. The second-order valence-electron chi connectivity index (χ2n) is 6.26. The normalized spacial score (nSPS) is 27.2. The van der Waals surface area contributed by atoms with E-state index in [0.717, 1.165) is 12.8 Å². The number of fused-ring (bicyclic) bond motifs is 1. The Balaban J connectivity index is 1.45. The van der Waals surface area contributed by atoms with Crippen molar-refractivity contribution in [2.75, 3.05) is 13.1 Å². The molecule has 2 aromatic heterocycles. The van der Waals surface area contributed by atoms with E-state index in [1.54, 1.807) is 19.3 Å². The van der Waals surface area contributed by atoms with Crippen LogP contribution in [0.1, 0.15) is 46.8 Å². The molecule has 4 rings (SSSR count). The molecule has 0 N–H and O–H groups in total. The van der Waals surface area contributed by atoms with Crippen LogP contribution in [0.2, 0.25) is 0 Å². The van der Waals surface area contributed by atoms with Gasteiger partial charge in [-0.3, -0.25) is 4.79 Å². The third-order valence-corrected chi connectivity index (χ3v) is 4.73. The van der Waals surface area contributed by atoms with Gasteiger partial charge in [0.15, 0.2) is 0 Å². The van der Waals surface area contributed by atoms with Crippen molar-refractivity contribution in [1.82, 2.24) is 15.0 Å². The molecule has 0 unspecified atom stereocenters. The number of carbonyl (C=O) groups is 1. The number of furan rings is 1. The molecule has 2 aromatic rings. The highest BCUT2D eigenvalue weighted by atomic mass is 16.5.